The van der Waals surface area contributed by atoms with Gasteiger partial charge in [-0.05, 0) is 60.6 Å². The number of para-hydroxylation sites is 2. The Bertz CT molecular complexity index is 1370. The first-order valence-electron chi connectivity index (χ1n) is 14.6. The maximum atomic E-state index is 13.8. The van der Waals surface area contributed by atoms with E-state index in [-0.39, 0.29) is 30.5 Å². The van der Waals surface area contributed by atoms with Crippen LogP contribution in [-0.4, -0.2) is 64.2 Å². The number of amides is 1. The topological polar surface area (TPSA) is 68.8 Å². The van der Waals surface area contributed by atoms with Gasteiger partial charge in [0.1, 0.15) is 18.5 Å². The van der Waals surface area contributed by atoms with Crippen LogP contribution in [-0.2, 0) is 23.2 Å². The van der Waals surface area contributed by atoms with E-state index in [4.69, 9.17) is 4.74 Å². The van der Waals surface area contributed by atoms with Crippen molar-refractivity contribution in [1.29, 1.82) is 0 Å². The van der Waals surface area contributed by atoms with Gasteiger partial charge in [0.15, 0.2) is 0 Å². The largest absolute Gasteiger partial charge is 0.491 e. The van der Waals surface area contributed by atoms with Crippen LogP contribution in [0.4, 0.5) is 0 Å². The number of rotatable bonds is 13. The molecule has 6 heteroatoms. The highest BCUT2D eigenvalue weighted by Crippen LogP contribution is 2.23. The number of hydrogen-bond donors (Lipinski definition) is 2. The highest BCUT2D eigenvalue weighted by atomic mass is 16.5. The SMILES string of the molecule is CC(C)N(CC(=O)N(CCc1c[nH]c2ccccc12)Cc1ccc(C(C)(C)C)cc1)C[C@@H](O)COc1ccccc1. The van der Waals surface area contributed by atoms with Crippen LogP contribution in [0.3, 0.4) is 0 Å². The van der Waals surface area contributed by atoms with Gasteiger partial charge >= 0.3 is 0 Å². The summed E-state index contributed by atoms with van der Waals surface area (Å²) in [4.78, 5) is 21.2. The molecule has 4 rings (SSSR count). The van der Waals surface area contributed by atoms with Crippen molar-refractivity contribution in [2.24, 2.45) is 0 Å². The molecule has 0 fully saturated rings. The third kappa shape index (κ3) is 8.69. The zero-order valence-corrected chi connectivity index (χ0v) is 25.1. The molecular formula is C35H45N3O3. The first-order chi connectivity index (χ1) is 19.6. The third-order valence-electron chi connectivity index (χ3n) is 7.57. The van der Waals surface area contributed by atoms with E-state index in [1.165, 1.54) is 16.5 Å². The fourth-order valence-electron chi connectivity index (χ4n) is 4.98. The second-order valence-corrected chi connectivity index (χ2v) is 12.2. The van der Waals surface area contributed by atoms with E-state index in [0.717, 1.165) is 23.3 Å². The van der Waals surface area contributed by atoms with Crippen molar-refractivity contribution in [1.82, 2.24) is 14.8 Å². The van der Waals surface area contributed by atoms with E-state index < -0.39 is 6.10 Å². The number of aromatic amines is 1. The first-order valence-corrected chi connectivity index (χ1v) is 14.6. The molecule has 1 amide bonds. The van der Waals surface area contributed by atoms with Gasteiger partial charge in [-0.25, -0.2) is 0 Å². The monoisotopic (exact) mass is 555 g/mol. The Balaban J connectivity index is 1.45. The quantitative estimate of drug-likeness (QED) is 0.207. The number of aliphatic hydroxyl groups excluding tert-OH is 1. The fraction of sp³-hybridized carbons (Fsp3) is 0.400. The van der Waals surface area contributed by atoms with E-state index in [9.17, 15) is 9.90 Å². The normalized spacial score (nSPS) is 12.7. The van der Waals surface area contributed by atoms with Crippen molar-refractivity contribution in [2.45, 2.75) is 65.1 Å². The third-order valence-corrected chi connectivity index (χ3v) is 7.57. The van der Waals surface area contributed by atoms with Gasteiger partial charge in [-0.2, -0.15) is 0 Å². The van der Waals surface area contributed by atoms with Crippen LogP contribution in [0.5, 0.6) is 5.75 Å². The molecule has 218 valence electrons. The Kier molecular flexibility index (Phi) is 10.2. The van der Waals surface area contributed by atoms with Crippen LogP contribution in [0, 0.1) is 0 Å². The Hall–Kier alpha value is -3.61. The zero-order chi connectivity index (χ0) is 29.4. The molecule has 41 heavy (non-hydrogen) atoms. The molecule has 0 aliphatic rings. The number of fused-ring (bicyclic) bond motifs is 1. The summed E-state index contributed by atoms with van der Waals surface area (Å²) in [5.41, 5.74) is 4.77. The molecular weight excluding hydrogens is 510 g/mol. The minimum atomic E-state index is -0.713. The average Bonchev–Trinajstić information content (AvgIpc) is 3.37. The van der Waals surface area contributed by atoms with E-state index in [1.807, 2.05) is 52.3 Å². The Morgan fingerprint density at radius 2 is 1.63 bits per heavy atom. The van der Waals surface area contributed by atoms with Crippen LogP contribution in [0.25, 0.3) is 10.9 Å². The van der Waals surface area contributed by atoms with Crippen molar-refractivity contribution in [2.75, 3.05) is 26.2 Å². The molecule has 2 N–H and O–H groups in total. The van der Waals surface area contributed by atoms with Crippen LogP contribution < -0.4 is 4.74 Å². The van der Waals surface area contributed by atoms with Gasteiger partial charge < -0.3 is 19.7 Å². The summed E-state index contributed by atoms with van der Waals surface area (Å²) in [5, 5.41) is 11.9. The van der Waals surface area contributed by atoms with Gasteiger partial charge in [0.25, 0.3) is 0 Å². The molecule has 0 aliphatic heterocycles. The lowest BCUT2D eigenvalue weighted by molar-refractivity contribution is -0.134. The number of H-pyrrole nitrogens is 1. The highest BCUT2D eigenvalue weighted by Gasteiger charge is 2.23. The first kappa shape index (κ1) is 30.4. The van der Waals surface area contributed by atoms with Gasteiger partial charge in [-0.3, -0.25) is 9.69 Å². The number of aliphatic hydroxyl groups is 1. The number of nitrogens with one attached hydrogen (secondary N) is 1. The molecule has 1 heterocycles. The molecule has 0 aliphatic carbocycles. The van der Waals surface area contributed by atoms with E-state index in [2.05, 4.69) is 82.2 Å². The maximum Gasteiger partial charge on any atom is 0.237 e. The molecule has 0 saturated carbocycles. The number of carbonyl (C=O) groups excluding carboxylic acids is 1. The number of carbonyl (C=O) groups is 1. The molecule has 0 spiro atoms. The van der Waals surface area contributed by atoms with Gasteiger partial charge in [0.2, 0.25) is 5.91 Å². The number of aromatic nitrogens is 1. The smallest absolute Gasteiger partial charge is 0.237 e. The second-order valence-electron chi connectivity index (χ2n) is 12.2. The minimum Gasteiger partial charge on any atom is -0.491 e. The van der Waals surface area contributed by atoms with E-state index in [1.54, 1.807) is 0 Å². The number of ether oxygens (including phenoxy) is 1. The Morgan fingerprint density at radius 3 is 2.32 bits per heavy atom. The summed E-state index contributed by atoms with van der Waals surface area (Å²) in [5.74, 6) is 0.772. The van der Waals surface area contributed by atoms with Crippen molar-refractivity contribution in [3.63, 3.8) is 0 Å². The molecule has 0 bridgehead atoms. The van der Waals surface area contributed by atoms with Crippen molar-refractivity contribution >= 4 is 16.8 Å². The predicted octanol–water partition coefficient (Wildman–Crippen LogP) is 6.19. The summed E-state index contributed by atoms with van der Waals surface area (Å²) in [6.07, 6.45) is 2.09. The number of nitrogens with zero attached hydrogens (tertiary/aromatic N) is 2. The lowest BCUT2D eigenvalue weighted by Crippen LogP contribution is -2.47. The van der Waals surface area contributed by atoms with Gasteiger partial charge in [-0.1, -0.05) is 81.4 Å². The molecule has 1 aromatic heterocycles. The van der Waals surface area contributed by atoms with Gasteiger partial charge in [0.05, 0.1) is 6.54 Å². The molecule has 0 saturated heterocycles. The zero-order valence-electron chi connectivity index (χ0n) is 25.1. The predicted molar refractivity (Wildman–Crippen MR) is 167 cm³/mol. The second kappa shape index (κ2) is 13.8. The molecule has 4 aromatic rings. The van der Waals surface area contributed by atoms with Crippen molar-refractivity contribution < 1.29 is 14.6 Å². The lowest BCUT2D eigenvalue weighted by atomic mass is 9.87. The van der Waals surface area contributed by atoms with E-state index >= 15 is 0 Å². The average molecular weight is 556 g/mol. The van der Waals surface area contributed by atoms with Crippen LogP contribution in [0.2, 0.25) is 0 Å². The van der Waals surface area contributed by atoms with Crippen molar-refractivity contribution in [3.05, 3.63) is 102 Å². The van der Waals surface area contributed by atoms with E-state index in [0.29, 0.717) is 19.6 Å². The number of hydrogen-bond acceptors (Lipinski definition) is 4. The molecule has 6 nitrogen and oxygen atoms in total. The Morgan fingerprint density at radius 1 is 0.951 bits per heavy atom. The summed E-state index contributed by atoms with van der Waals surface area (Å²) in [6.45, 7) is 12.6. The number of benzene rings is 3. The fourth-order valence-corrected chi connectivity index (χ4v) is 4.98. The maximum absolute atomic E-state index is 13.8. The Labute approximate surface area is 244 Å². The molecule has 0 unspecified atom stereocenters. The lowest BCUT2D eigenvalue weighted by Gasteiger charge is -2.31. The molecule has 3 aromatic carbocycles. The summed E-state index contributed by atoms with van der Waals surface area (Å²) >= 11 is 0. The summed E-state index contributed by atoms with van der Waals surface area (Å²) < 4.78 is 5.75. The summed E-state index contributed by atoms with van der Waals surface area (Å²) in [6, 6.07) is 26.5. The van der Waals surface area contributed by atoms with Crippen LogP contribution in [0.15, 0.2) is 85.1 Å². The molecule has 1 atom stereocenters. The van der Waals surface area contributed by atoms with Gasteiger partial charge in [-0.15, -0.1) is 0 Å². The van der Waals surface area contributed by atoms with Crippen LogP contribution >= 0.6 is 0 Å². The van der Waals surface area contributed by atoms with Crippen molar-refractivity contribution in [3.8, 4) is 5.75 Å². The summed E-state index contributed by atoms with van der Waals surface area (Å²) in [7, 11) is 0. The minimum absolute atomic E-state index is 0.0506. The standard InChI is InChI=1S/C35H45N3O3/c1-26(2)38(23-30(39)25-41-31-11-7-6-8-12-31)24-34(40)37(22-27-15-17-29(18-16-27)35(3,4)5)20-19-28-21-36-33-14-10-9-13-32(28)33/h6-18,21,26,30,36,39H,19-20,22-25H2,1-5H3/t30-/m1/s1. The van der Waals surface area contributed by atoms with Gasteiger partial charge in [0, 0.05) is 42.8 Å². The molecule has 0 radical (unpaired) electrons. The van der Waals surface area contributed by atoms with Crippen LogP contribution in [0.1, 0.15) is 51.3 Å². The highest BCUT2D eigenvalue weighted by molar-refractivity contribution is 5.83.